The molecule has 1 fully saturated rings. The molecule has 4 rings (SSSR count). The maximum Gasteiger partial charge on any atom is 0.263 e. The van der Waals surface area contributed by atoms with Gasteiger partial charge in [0.25, 0.3) is 5.91 Å². The van der Waals surface area contributed by atoms with Gasteiger partial charge in [-0.3, -0.25) is 4.79 Å². The van der Waals surface area contributed by atoms with Crippen LogP contribution in [-0.4, -0.2) is 36.0 Å². The molecule has 0 radical (unpaired) electrons. The van der Waals surface area contributed by atoms with Gasteiger partial charge in [-0.2, -0.15) is 0 Å². The molecule has 1 aliphatic rings. The molecule has 0 saturated carbocycles. The number of hydrogen-bond donors (Lipinski definition) is 0. The van der Waals surface area contributed by atoms with E-state index in [0.29, 0.717) is 5.56 Å². The largest absolute Gasteiger partial charge is 0.485 e. The normalized spacial score (nSPS) is 14.2. The Labute approximate surface area is 213 Å². The fraction of sp³-hybridized carbons (Fsp3) is 0.464. The van der Waals surface area contributed by atoms with Crippen LogP contribution in [0.4, 0.5) is 11.5 Å². The van der Waals surface area contributed by atoms with Gasteiger partial charge in [-0.25, -0.2) is 9.97 Å². The molecule has 1 aromatic carbocycles. The molecule has 1 unspecified atom stereocenters. The molecule has 0 spiro atoms. The van der Waals surface area contributed by atoms with Crippen LogP contribution in [0, 0.1) is 0 Å². The lowest BCUT2D eigenvalue weighted by atomic mass is 10.1. The van der Waals surface area contributed by atoms with Crippen LogP contribution in [0.15, 0.2) is 48.0 Å². The summed E-state index contributed by atoms with van der Waals surface area (Å²) in [5.41, 5.74) is 1.35. The first-order chi connectivity index (χ1) is 17.1. The molecule has 186 valence electrons. The summed E-state index contributed by atoms with van der Waals surface area (Å²) in [6.07, 6.45) is 8.97. The third-order valence-corrected chi connectivity index (χ3v) is 7.36. The molecule has 7 heteroatoms. The first-order valence-electron chi connectivity index (χ1n) is 12.8. The van der Waals surface area contributed by atoms with Gasteiger partial charge in [0, 0.05) is 49.4 Å². The summed E-state index contributed by atoms with van der Waals surface area (Å²) in [7, 11) is 1.81. The predicted octanol–water partition coefficient (Wildman–Crippen LogP) is 6.68. The molecule has 35 heavy (non-hydrogen) atoms. The maximum absolute atomic E-state index is 13.6. The zero-order valence-corrected chi connectivity index (χ0v) is 21.9. The first-order valence-corrected chi connectivity index (χ1v) is 13.7. The average molecular weight is 493 g/mol. The highest BCUT2D eigenvalue weighted by Gasteiger charge is 2.25. The summed E-state index contributed by atoms with van der Waals surface area (Å²) in [5.74, 6) is 2.23. The maximum atomic E-state index is 13.6. The average Bonchev–Trinajstić information content (AvgIpc) is 3.61. The van der Waals surface area contributed by atoms with Gasteiger partial charge in [-0.1, -0.05) is 32.4 Å². The summed E-state index contributed by atoms with van der Waals surface area (Å²) in [6.45, 7) is 6.17. The van der Waals surface area contributed by atoms with Gasteiger partial charge in [-0.05, 0) is 55.7 Å². The van der Waals surface area contributed by atoms with Crippen molar-refractivity contribution in [1.82, 2.24) is 9.97 Å². The van der Waals surface area contributed by atoms with Crippen molar-refractivity contribution in [2.75, 3.05) is 29.9 Å². The van der Waals surface area contributed by atoms with Gasteiger partial charge in [-0.15, -0.1) is 11.3 Å². The number of amides is 1. The second-order valence-corrected chi connectivity index (χ2v) is 10.1. The van der Waals surface area contributed by atoms with Crippen LogP contribution in [-0.2, 0) is 6.42 Å². The number of thiophene rings is 1. The Hall–Kier alpha value is -2.93. The van der Waals surface area contributed by atoms with Gasteiger partial charge >= 0.3 is 0 Å². The quantitative estimate of drug-likeness (QED) is 0.299. The number of hydrogen-bond acceptors (Lipinski definition) is 6. The molecular weight excluding hydrogens is 456 g/mol. The number of unbranched alkanes of at least 4 members (excludes halogenated alkanes) is 1. The predicted molar refractivity (Wildman–Crippen MR) is 144 cm³/mol. The topological polar surface area (TPSA) is 58.6 Å². The minimum atomic E-state index is -0.104. The number of carbonyl (C=O) groups is 1. The van der Waals surface area contributed by atoms with Gasteiger partial charge in [0.05, 0.1) is 0 Å². The molecule has 3 heterocycles. The van der Waals surface area contributed by atoms with Crippen molar-refractivity contribution in [3.05, 3.63) is 64.2 Å². The third kappa shape index (κ3) is 6.20. The van der Waals surface area contributed by atoms with E-state index in [1.54, 1.807) is 22.4 Å². The van der Waals surface area contributed by atoms with E-state index >= 15 is 0 Å². The van der Waals surface area contributed by atoms with Gasteiger partial charge in [0.1, 0.15) is 29.1 Å². The van der Waals surface area contributed by atoms with Crippen molar-refractivity contribution in [1.29, 1.82) is 0 Å². The van der Waals surface area contributed by atoms with E-state index in [2.05, 4.69) is 41.2 Å². The number of aryl methyl sites for hydroxylation is 1. The Morgan fingerprint density at radius 2 is 2.00 bits per heavy atom. The zero-order valence-electron chi connectivity index (χ0n) is 21.1. The minimum Gasteiger partial charge on any atom is -0.485 e. The number of carbonyl (C=O) groups excluding carboxylic acids is 1. The smallest absolute Gasteiger partial charge is 0.263 e. The van der Waals surface area contributed by atoms with Crippen molar-refractivity contribution < 1.29 is 9.53 Å². The Bertz CT molecular complexity index is 1100. The highest BCUT2D eigenvalue weighted by atomic mass is 32.1. The summed E-state index contributed by atoms with van der Waals surface area (Å²) in [4.78, 5) is 28.1. The second kappa shape index (κ2) is 12.2. The van der Waals surface area contributed by atoms with Crippen LogP contribution in [0.1, 0.15) is 79.5 Å². The fourth-order valence-corrected chi connectivity index (χ4v) is 5.21. The molecule has 1 atom stereocenters. The van der Waals surface area contributed by atoms with Gasteiger partial charge in [0.2, 0.25) is 0 Å². The molecule has 0 bridgehead atoms. The summed E-state index contributed by atoms with van der Waals surface area (Å²) >= 11 is 1.72. The van der Waals surface area contributed by atoms with E-state index in [0.717, 1.165) is 81.1 Å². The Kier molecular flexibility index (Phi) is 8.74. The number of ether oxygens (including phenoxy) is 1. The molecule has 2 aromatic heterocycles. The number of benzene rings is 1. The Morgan fingerprint density at radius 3 is 2.71 bits per heavy atom. The van der Waals surface area contributed by atoms with Crippen molar-refractivity contribution in [2.45, 2.75) is 64.9 Å². The highest BCUT2D eigenvalue weighted by Crippen LogP contribution is 2.32. The lowest BCUT2D eigenvalue weighted by Gasteiger charge is -2.24. The lowest BCUT2D eigenvalue weighted by molar-refractivity contribution is 0.0992. The SMILES string of the molecule is CCCCC(Oc1cccc(N(C)C(=O)c2cnc(CCC)nc2N2CCCC2)c1)c1cccs1. The lowest BCUT2D eigenvalue weighted by Crippen LogP contribution is -2.30. The molecule has 1 aliphatic heterocycles. The van der Waals surface area contributed by atoms with Gasteiger partial charge in [0.15, 0.2) is 0 Å². The zero-order chi connectivity index (χ0) is 24.6. The van der Waals surface area contributed by atoms with E-state index in [1.165, 1.54) is 4.88 Å². The van der Waals surface area contributed by atoms with E-state index < -0.39 is 0 Å². The van der Waals surface area contributed by atoms with E-state index in [-0.39, 0.29) is 12.0 Å². The van der Waals surface area contributed by atoms with Crippen LogP contribution in [0.25, 0.3) is 0 Å². The third-order valence-electron chi connectivity index (χ3n) is 6.40. The summed E-state index contributed by atoms with van der Waals surface area (Å²) in [6, 6.07) is 12.0. The van der Waals surface area contributed by atoms with Crippen molar-refractivity contribution in [2.24, 2.45) is 0 Å². The summed E-state index contributed by atoms with van der Waals surface area (Å²) < 4.78 is 6.42. The number of nitrogens with zero attached hydrogens (tertiary/aromatic N) is 4. The van der Waals surface area contributed by atoms with Crippen LogP contribution in [0.2, 0.25) is 0 Å². The van der Waals surface area contributed by atoms with E-state index in [4.69, 9.17) is 9.72 Å². The van der Waals surface area contributed by atoms with Crippen molar-refractivity contribution in [3.8, 4) is 5.75 Å². The van der Waals surface area contributed by atoms with Crippen molar-refractivity contribution >= 4 is 28.7 Å². The fourth-order valence-electron chi connectivity index (χ4n) is 4.42. The number of rotatable bonds is 11. The van der Waals surface area contributed by atoms with Gasteiger partial charge < -0.3 is 14.5 Å². The molecule has 0 aliphatic carbocycles. The number of aromatic nitrogens is 2. The molecule has 3 aromatic rings. The van der Waals surface area contributed by atoms with Crippen LogP contribution < -0.4 is 14.5 Å². The van der Waals surface area contributed by atoms with E-state index in [1.807, 2.05) is 31.3 Å². The first kappa shape index (κ1) is 25.2. The molecule has 0 N–H and O–H groups in total. The van der Waals surface area contributed by atoms with E-state index in [9.17, 15) is 4.79 Å². The number of anilines is 2. The van der Waals surface area contributed by atoms with Crippen molar-refractivity contribution in [3.63, 3.8) is 0 Å². The molecule has 6 nitrogen and oxygen atoms in total. The Balaban J connectivity index is 1.56. The van der Waals surface area contributed by atoms with Crippen LogP contribution >= 0.6 is 11.3 Å². The minimum absolute atomic E-state index is 0.0208. The molecular formula is C28H36N4O2S. The molecule has 1 amide bonds. The molecule has 1 saturated heterocycles. The van der Waals surface area contributed by atoms with Crippen LogP contribution in [0.3, 0.4) is 0 Å². The second-order valence-electron chi connectivity index (χ2n) is 9.09. The summed E-state index contributed by atoms with van der Waals surface area (Å²) in [5, 5.41) is 2.09. The highest BCUT2D eigenvalue weighted by molar-refractivity contribution is 7.10. The standard InChI is InChI=1S/C28H36N4O2S/c1-4-6-14-24(25-15-10-18-35-25)34-22-13-9-12-21(19-22)31(3)28(33)23-20-29-26(11-5-2)30-27(23)32-16-7-8-17-32/h9-10,12-13,15,18-20,24H,4-8,11,14,16-17H2,1-3H3. The van der Waals surface area contributed by atoms with Crippen LogP contribution in [0.5, 0.6) is 5.75 Å². The Morgan fingerprint density at radius 1 is 1.17 bits per heavy atom. The monoisotopic (exact) mass is 492 g/mol.